The van der Waals surface area contributed by atoms with E-state index in [4.69, 9.17) is 28.0 Å². The minimum atomic E-state index is -1.76. The molecule has 0 rings (SSSR count). The molecular formula is C49H86N15O15S4Se. The zero-order valence-electron chi connectivity index (χ0n) is 48.2. The number of hydrogen-bond donors (Lipinski definition) is 18. The van der Waals surface area contributed by atoms with Gasteiger partial charge in [0.25, 0.3) is 0 Å². The van der Waals surface area contributed by atoms with Gasteiger partial charge in [0.1, 0.15) is 36.3 Å². The maximum atomic E-state index is 14.2. The van der Waals surface area contributed by atoms with Crippen LogP contribution in [-0.2, 0) is 62.3 Å². The number of carboxylic acid groups (broad SMARTS) is 2. The first-order chi connectivity index (χ1) is 39.5. The van der Waals surface area contributed by atoms with Gasteiger partial charge in [-0.1, -0.05) is 20.3 Å². The van der Waals surface area contributed by atoms with E-state index in [1.165, 1.54) is 30.4 Å². The summed E-state index contributed by atoms with van der Waals surface area (Å²) in [7, 11) is 0. The molecule has 30 nitrogen and oxygen atoms in total. The van der Waals surface area contributed by atoms with Crippen molar-refractivity contribution in [3.05, 3.63) is 0 Å². The van der Waals surface area contributed by atoms with Crippen molar-refractivity contribution < 1.29 is 72.5 Å². The van der Waals surface area contributed by atoms with Crippen LogP contribution < -0.4 is 76.1 Å². The molecule has 477 valence electrons. The van der Waals surface area contributed by atoms with Gasteiger partial charge in [0, 0.05) is 13.0 Å². The van der Waals surface area contributed by atoms with Gasteiger partial charge in [-0.2, -0.15) is 24.4 Å². The third-order valence-corrected chi connectivity index (χ3v) is 15.6. The SMILES string of the molecule is CC[C@H](C)[C@H](NC(=O)[C@H](CS)NC(=O)[C@H](C[Se])NC(=O)[C@@H](N)CCSC)C(=O)N[C@@H](CS)C(=O)N[C@@H](C)C(=O)N[C@@H](CCCN=C(N)N)C(=O)N[C@@H](CCSC)C(=O)N[C@H](C(=O)N[C@@H](CC(N)=O)C(=O)N[C@@H](CCC(=O)O)C(=O)O)[C@@H](C)CC. The fraction of sp³-hybridized carbons (Fsp3) is 0.714. The van der Waals surface area contributed by atoms with Gasteiger partial charge in [0.2, 0.25) is 35.4 Å². The van der Waals surface area contributed by atoms with Gasteiger partial charge in [-0.05, 0) is 50.5 Å². The first-order valence-corrected chi connectivity index (χ1v) is 32.1. The number of aliphatic imine (C=N–C) groups is 1. The molecule has 0 spiro atoms. The van der Waals surface area contributed by atoms with E-state index in [1.807, 2.05) is 6.26 Å². The normalized spacial score (nSPS) is 15.7. The maximum absolute atomic E-state index is 14.2. The molecule has 0 aliphatic carbocycles. The van der Waals surface area contributed by atoms with Gasteiger partial charge in [0.15, 0.2) is 5.96 Å². The number of thioether (sulfide) groups is 2. The van der Waals surface area contributed by atoms with Gasteiger partial charge in [0.05, 0.1) is 6.42 Å². The third-order valence-electron chi connectivity index (χ3n) is 12.9. The number of thiol groups is 2. The Hall–Kier alpha value is -5.74. The molecule has 20 N–H and O–H groups in total. The van der Waals surface area contributed by atoms with E-state index < -0.39 is 174 Å². The first-order valence-electron chi connectivity index (χ1n) is 26.8. The standard InChI is InChI=1S/C49H86N15O15S4Se/c1-8-23(3)36(46(76)59-30(19-34(51)65)42(72)58-29(48(78)79)12-13-35(66)67)63-41(71)28(15-18-83-7)57-40(70)27(11-10-16-54-49(52)53)56-38(68)25(5)55-43(73)31(20-80)61-47(77)37(24(4)9-2)64-44(74)32(21-81)60-45(75)33(22-84)62-39(69)26(50)14-17-82-6/h23-33,36-37,80-81H,8-22,50H2,1-7H3,(H2,51,65)(H,55,73)(H,56,68)(H,57,70)(H,58,72)(H,59,76)(H,60,75)(H,61,77)(H,62,69)(H,63,71)(H,64,74)(H,66,67)(H,78,79)(H4,52,53,54)/t23-,24-,25-,26-,27-,28-,29-,30-,31-,32-,33-,36-,37-/m0/s1. The van der Waals surface area contributed by atoms with E-state index in [-0.39, 0.29) is 60.8 Å². The quantitative estimate of drug-likeness (QED) is 0.00895. The Labute approximate surface area is 516 Å². The van der Waals surface area contributed by atoms with Crippen LogP contribution in [0.15, 0.2) is 4.99 Å². The first kappa shape index (κ1) is 78.3. The molecule has 0 aromatic carbocycles. The topological polar surface area (TPSA) is 499 Å². The molecule has 0 aromatic rings. The summed E-state index contributed by atoms with van der Waals surface area (Å²) in [5.74, 6) is -13.7. The molecule has 0 heterocycles. The van der Waals surface area contributed by atoms with Crippen molar-refractivity contribution >= 4 is 148 Å². The molecule has 0 bridgehead atoms. The van der Waals surface area contributed by atoms with Gasteiger partial charge in [-0.3, -0.25) is 43.3 Å². The molecule has 0 fully saturated rings. The van der Waals surface area contributed by atoms with E-state index in [0.717, 1.165) is 0 Å². The van der Waals surface area contributed by atoms with Crippen molar-refractivity contribution in [2.45, 2.75) is 164 Å². The number of amides is 11. The fourth-order valence-corrected chi connectivity index (χ4v) is 9.33. The molecule has 1 radical (unpaired) electrons. The number of aliphatic carboxylic acids is 2. The number of nitrogens with zero attached hydrogens (tertiary/aromatic N) is 1. The monoisotopic (exact) mass is 1330 g/mol. The van der Waals surface area contributed by atoms with E-state index in [2.05, 4.69) is 99.4 Å². The van der Waals surface area contributed by atoms with Crippen molar-refractivity contribution in [3.8, 4) is 0 Å². The van der Waals surface area contributed by atoms with Crippen LogP contribution in [0.3, 0.4) is 0 Å². The molecule has 0 saturated carbocycles. The predicted octanol–water partition coefficient (Wildman–Crippen LogP) is -4.90. The Bertz CT molecular complexity index is 2280. The van der Waals surface area contributed by atoms with Gasteiger partial charge in [-0.15, -0.1) is 0 Å². The number of hydrogen-bond acceptors (Lipinski definition) is 19. The van der Waals surface area contributed by atoms with Gasteiger partial charge < -0.3 is 59.3 Å². The van der Waals surface area contributed by atoms with E-state index in [0.29, 0.717) is 18.6 Å². The summed E-state index contributed by atoms with van der Waals surface area (Å²) >= 11 is 14.0. The van der Waals surface area contributed by atoms with Crippen LogP contribution in [0.5, 0.6) is 0 Å². The number of guanidine groups is 1. The van der Waals surface area contributed by atoms with E-state index >= 15 is 0 Å². The Morgan fingerprint density at radius 2 is 0.917 bits per heavy atom. The summed E-state index contributed by atoms with van der Waals surface area (Å²) in [4.78, 5) is 175. The van der Waals surface area contributed by atoms with Gasteiger partial charge >= 0.3 is 220 Å². The zero-order chi connectivity index (χ0) is 64.4. The van der Waals surface area contributed by atoms with Crippen LogP contribution in [0.1, 0.15) is 92.4 Å². The average Bonchev–Trinajstić information content (AvgIpc) is 3.66. The van der Waals surface area contributed by atoms with Crippen LogP contribution in [0.25, 0.3) is 0 Å². The minimum Gasteiger partial charge on any atom is -0.481 e. The number of primary amides is 1. The summed E-state index contributed by atoms with van der Waals surface area (Å²) in [5, 5.41) is 43.6. The second kappa shape index (κ2) is 42.1. The molecule has 0 aromatic heterocycles. The Kier molecular flexibility index (Phi) is 39.3. The van der Waals surface area contributed by atoms with E-state index in [9.17, 15) is 67.4 Å². The molecule has 0 unspecified atom stereocenters. The Morgan fingerprint density at radius 3 is 1.38 bits per heavy atom. The number of carboxylic acids is 2. The fourth-order valence-electron chi connectivity index (χ4n) is 7.37. The van der Waals surface area contributed by atoms with Crippen molar-refractivity contribution in [1.29, 1.82) is 0 Å². The second-order valence-electron chi connectivity index (χ2n) is 19.5. The number of rotatable bonds is 43. The van der Waals surface area contributed by atoms with Crippen LogP contribution >= 0.6 is 48.8 Å². The summed E-state index contributed by atoms with van der Waals surface area (Å²) in [6.45, 7) is 7.97. The molecule has 0 saturated heterocycles. The van der Waals surface area contributed by atoms with Crippen LogP contribution in [0.4, 0.5) is 0 Å². The number of carbonyl (C=O) groups excluding carboxylic acids is 11. The smallest absolute Gasteiger partial charge is 0.481 e. The molecule has 35 heteroatoms. The van der Waals surface area contributed by atoms with Crippen LogP contribution in [0.2, 0.25) is 5.32 Å². The predicted molar refractivity (Wildman–Crippen MR) is 324 cm³/mol. The van der Waals surface area contributed by atoms with Gasteiger partial charge in [-0.25, -0.2) is 4.79 Å². The van der Waals surface area contributed by atoms with Crippen molar-refractivity contribution in [1.82, 2.24) is 53.2 Å². The number of nitrogens with one attached hydrogen (secondary N) is 10. The zero-order valence-corrected chi connectivity index (χ0v) is 53.3. The average molecular weight is 1330 g/mol. The Balaban J connectivity index is 6.50. The molecule has 0 aliphatic rings. The van der Waals surface area contributed by atoms with Crippen LogP contribution in [-0.4, -0.2) is 218 Å². The molecular weight excluding hydrogens is 1250 g/mol. The number of carbonyl (C=O) groups is 13. The van der Waals surface area contributed by atoms with Crippen LogP contribution in [0, 0.1) is 11.8 Å². The Morgan fingerprint density at radius 1 is 0.512 bits per heavy atom. The van der Waals surface area contributed by atoms with Crippen molar-refractivity contribution in [2.75, 3.05) is 42.1 Å². The van der Waals surface area contributed by atoms with Crippen molar-refractivity contribution in [3.63, 3.8) is 0 Å². The number of nitrogens with two attached hydrogens (primary N) is 4. The van der Waals surface area contributed by atoms with E-state index in [1.54, 1.807) is 34.0 Å². The minimum absolute atomic E-state index is 0.00189. The molecule has 84 heavy (non-hydrogen) atoms. The molecule has 13 atom stereocenters. The summed E-state index contributed by atoms with van der Waals surface area (Å²) in [6, 6.07) is -15.0. The third kappa shape index (κ3) is 29.9. The summed E-state index contributed by atoms with van der Waals surface area (Å²) in [6.07, 6.45) is 2.55. The summed E-state index contributed by atoms with van der Waals surface area (Å²) < 4.78 is 0. The summed E-state index contributed by atoms with van der Waals surface area (Å²) in [5.41, 5.74) is 22.3. The second-order valence-corrected chi connectivity index (χ2v) is 22.9. The molecule has 0 aliphatic heterocycles. The molecule has 11 amide bonds. The van der Waals surface area contributed by atoms with Crippen molar-refractivity contribution in [2.24, 2.45) is 39.8 Å².